The molecule has 1 atom stereocenters. The van der Waals surface area contributed by atoms with Gasteiger partial charge in [-0.3, -0.25) is 5.32 Å². The fourth-order valence-electron chi connectivity index (χ4n) is 2.42. The first-order valence-corrected chi connectivity index (χ1v) is 6.39. The van der Waals surface area contributed by atoms with Crippen LogP contribution in [0.1, 0.15) is 25.7 Å². The second kappa shape index (κ2) is 6.06. The number of alkyl halides is 3. The lowest BCUT2D eigenvalue weighted by atomic mass is 9.98. The van der Waals surface area contributed by atoms with Crippen molar-refractivity contribution in [2.75, 3.05) is 5.32 Å². The second-order valence-corrected chi connectivity index (χ2v) is 4.77. The molecule has 2 rings (SSSR count). The van der Waals surface area contributed by atoms with Gasteiger partial charge in [0.2, 0.25) is 0 Å². The Bertz CT molecular complexity index is 446. The molecule has 0 aliphatic heterocycles. The highest BCUT2D eigenvalue weighted by molar-refractivity contribution is 5.88. The summed E-state index contributed by atoms with van der Waals surface area (Å²) < 4.78 is 39.0. The number of urea groups is 1. The van der Waals surface area contributed by atoms with Crippen LogP contribution in [0.3, 0.4) is 0 Å². The lowest BCUT2D eigenvalue weighted by molar-refractivity contribution is -0.164. The van der Waals surface area contributed by atoms with Crippen molar-refractivity contribution in [3.05, 3.63) is 18.3 Å². The van der Waals surface area contributed by atoms with Crippen LogP contribution in [-0.4, -0.2) is 28.4 Å². The summed E-state index contributed by atoms with van der Waals surface area (Å²) in [5.41, 5.74) is 0. The molecule has 5 nitrogen and oxygen atoms in total. The van der Waals surface area contributed by atoms with Crippen LogP contribution in [0.4, 0.5) is 23.8 Å². The van der Waals surface area contributed by atoms with Gasteiger partial charge in [0.15, 0.2) is 5.82 Å². The zero-order valence-electron chi connectivity index (χ0n) is 10.7. The highest BCUT2D eigenvalue weighted by Crippen LogP contribution is 2.35. The van der Waals surface area contributed by atoms with Gasteiger partial charge < -0.3 is 5.32 Å². The Labute approximate surface area is 114 Å². The number of rotatable bonds is 3. The van der Waals surface area contributed by atoms with Crippen LogP contribution in [0.15, 0.2) is 18.3 Å². The smallest absolute Gasteiger partial charge is 0.326 e. The van der Waals surface area contributed by atoms with E-state index < -0.39 is 24.2 Å². The number of carbonyl (C=O) groups excluding carboxylic acids is 1. The topological polar surface area (TPSA) is 66.9 Å². The molecule has 0 unspecified atom stereocenters. The molecule has 1 fully saturated rings. The zero-order valence-corrected chi connectivity index (χ0v) is 10.7. The number of hydrogen-bond donors (Lipinski definition) is 2. The van der Waals surface area contributed by atoms with Gasteiger partial charge in [-0.25, -0.2) is 4.79 Å². The molecule has 8 heteroatoms. The summed E-state index contributed by atoms with van der Waals surface area (Å²) >= 11 is 0. The molecule has 0 saturated heterocycles. The molecule has 1 aromatic rings. The van der Waals surface area contributed by atoms with Crippen molar-refractivity contribution in [1.82, 2.24) is 15.5 Å². The monoisotopic (exact) mass is 288 g/mol. The number of nitrogens with zero attached hydrogens (tertiary/aromatic N) is 2. The molecular formula is C12H15F3N4O. The highest BCUT2D eigenvalue weighted by atomic mass is 19.4. The van der Waals surface area contributed by atoms with E-state index in [1.165, 1.54) is 18.3 Å². The maximum atomic E-state index is 13.0. The maximum Gasteiger partial charge on any atom is 0.408 e. The van der Waals surface area contributed by atoms with Crippen LogP contribution in [0, 0.1) is 5.92 Å². The summed E-state index contributed by atoms with van der Waals surface area (Å²) in [7, 11) is 0. The highest BCUT2D eigenvalue weighted by Gasteiger charge is 2.46. The predicted molar refractivity (Wildman–Crippen MR) is 66.0 cm³/mol. The summed E-state index contributed by atoms with van der Waals surface area (Å²) in [4.78, 5) is 11.6. The maximum absolute atomic E-state index is 13.0. The van der Waals surface area contributed by atoms with Crippen LogP contribution in [0.5, 0.6) is 0 Å². The van der Waals surface area contributed by atoms with Gasteiger partial charge >= 0.3 is 12.2 Å². The van der Waals surface area contributed by atoms with Gasteiger partial charge in [0.1, 0.15) is 6.04 Å². The normalized spacial score (nSPS) is 17.8. The van der Waals surface area contributed by atoms with Crippen LogP contribution in [0.25, 0.3) is 0 Å². The Kier molecular flexibility index (Phi) is 4.41. The number of anilines is 1. The molecule has 1 aromatic heterocycles. The molecule has 1 aliphatic rings. The van der Waals surface area contributed by atoms with Crippen molar-refractivity contribution < 1.29 is 18.0 Å². The quantitative estimate of drug-likeness (QED) is 0.898. The SMILES string of the molecule is O=C(Nc1cccnn1)N[C@@H](C1CCCC1)C(F)(F)F. The number of nitrogens with one attached hydrogen (secondary N) is 2. The minimum atomic E-state index is -4.45. The van der Waals surface area contributed by atoms with Crippen molar-refractivity contribution >= 4 is 11.8 Å². The van der Waals surface area contributed by atoms with E-state index in [1.54, 1.807) is 0 Å². The van der Waals surface area contributed by atoms with Gasteiger partial charge in [-0.15, -0.1) is 5.10 Å². The van der Waals surface area contributed by atoms with Crippen molar-refractivity contribution in [2.24, 2.45) is 5.92 Å². The largest absolute Gasteiger partial charge is 0.408 e. The number of hydrogen-bond acceptors (Lipinski definition) is 3. The van der Waals surface area contributed by atoms with Crippen LogP contribution in [0.2, 0.25) is 0 Å². The van der Waals surface area contributed by atoms with Crippen LogP contribution >= 0.6 is 0 Å². The second-order valence-electron chi connectivity index (χ2n) is 4.77. The molecule has 2 amide bonds. The van der Waals surface area contributed by atoms with Crippen molar-refractivity contribution in [1.29, 1.82) is 0 Å². The molecule has 0 radical (unpaired) electrons. The summed E-state index contributed by atoms with van der Waals surface area (Å²) in [5.74, 6) is -0.444. The minimum absolute atomic E-state index is 0.109. The third-order valence-corrected chi connectivity index (χ3v) is 3.32. The number of amides is 2. The van der Waals surface area contributed by atoms with E-state index in [2.05, 4.69) is 15.5 Å². The van der Waals surface area contributed by atoms with Crippen molar-refractivity contribution in [2.45, 2.75) is 37.9 Å². The molecule has 1 aliphatic carbocycles. The summed E-state index contributed by atoms with van der Waals surface area (Å²) in [6, 6.07) is 0.243. The average Bonchev–Trinajstić information content (AvgIpc) is 2.89. The van der Waals surface area contributed by atoms with Gasteiger partial charge in [-0.1, -0.05) is 12.8 Å². The van der Waals surface area contributed by atoms with E-state index in [0.717, 1.165) is 12.8 Å². The number of carbonyl (C=O) groups is 1. The van der Waals surface area contributed by atoms with Gasteiger partial charge in [0, 0.05) is 6.20 Å². The van der Waals surface area contributed by atoms with E-state index >= 15 is 0 Å². The van der Waals surface area contributed by atoms with E-state index in [4.69, 9.17) is 0 Å². The lowest BCUT2D eigenvalue weighted by Gasteiger charge is -2.26. The Morgan fingerprint density at radius 3 is 2.60 bits per heavy atom. The number of aromatic nitrogens is 2. The molecule has 2 N–H and O–H groups in total. The zero-order chi connectivity index (χ0) is 14.6. The number of halogens is 3. The van der Waals surface area contributed by atoms with E-state index in [0.29, 0.717) is 12.8 Å². The van der Waals surface area contributed by atoms with E-state index in [9.17, 15) is 18.0 Å². The molecule has 0 aromatic carbocycles. The summed E-state index contributed by atoms with van der Waals surface area (Å²) in [5, 5.41) is 11.4. The molecule has 1 saturated carbocycles. The third-order valence-electron chi connectivity index (χ3n) is 3.32. The first-order chi connectivity index (χ1) is 9.47. The third kappa shape index (κ3) is 3.82. The standard InChI is InChI=1S/C12H15F3N4O/c13-12(14,15)10(8-4-1-2-5-8)18-11(20)17-9-6-3-7-16-19-9/h3,6-8,10H,1-2,4-5H2,(H2,17,18,19,20)/t10-/m0/s1. The molecule has 1 heterocycles. The lowest BCUT2D eigenvalue weighted by Crippen LogP contribution is -2.50. The summed E-state index contributed by atoms with van der Waals surface area (Å²) in [6.07, 6.45) is -0.546. The van der Waals surface area contributed by atoms with Crippen molar-refractivity contribution in [3.63, 3.8) is 0 Å². The summed E-state index contributed by atoms with van der Waals surface area (Å²) in [6.45, 7) is 0. The van der Waals surface area contributed by atoms with Gasteiger partial charge in [0.05, 0.1) is 0 Å². The minimum Gasteiger partial charge on any atom is -0.326 e. The predicted octanol–water partition coefficient (Wildman–Crippen LogP) is 2.72. The average molecular weight is 288 g/mol. The fourth-order valence-corrected chi connectivity index (χ4v) is 2.42. The molecule has 0 spiro atoms. The molecule has 20 heavy (non-hydrogen) atoms. The molecule has 110 valence electrons. The molecular weight excluding hydrogens is 273 g/mol. The fraction of sp³-hybridized carbons (Fsp3) is 0.583. The van der Waals surface area contributed by atoms with Crippen LogP contribution in [-0.2, 0) is 0 Å². The van der Waals surface area contributed by atoms with Gasteiger partial charge in [-0.05, 0) is 30.9 Å². The van der Waals surface area contributed by atoms with Gasteiger partial charge in [0.25, 0.3) is 0 Å². The first kappa shape index (κ1) is 14.5. The first-order valence-electron chi connectivity index (χ1n) is 6.39. The van der Waals surface area contributed by atoms with E-state index in [-0.39, 0.29) is 5.82 Å². The molecule has 0 bridgehead atoms. The van der Waals surface area contributed by atoms with E-state index in [1.807, 2.05) is 5.32 Å². The van der Waals surface area contributed by atoms with Crippen LogP contribution < -0.4 is 10.6 Å². The Balaban J connectivity index is 1.98. The Hall–Kier alpha value is -1.86. The van der Waals surface area contributed by atoms with Crippen molar-refractivity contribution in [3.8, 4) is 0 Å². The van der Waals surface area contributed by atoms with Gasteiger partial charge in [-0.2, -0.15) is 18.3 Å². The Morgan fingerprint density at radius 1 is 1.35 bits per heavy atom. The Morgan fingerprint density at radius 2 is 2.05 bits per heavy atom.